The number of hydrogen-bond acceptors (Lipinski definition) is 5. The smallest absolute Gasteiger partial charge is 0.339 e. The molecule has 3 heterocycles. The number of nitrogens with zero attached hydrogens (tertiary/aromatic N) is 4. The zero-order valence-electron chi connectivity index (χ0n) is 13.7. The molecule has 1 saturated heterocycles. The molecule has 0 aromatic carbocycles. The third-order valence-electron chi connectivity index (χ3n) is 4.47. The molecule has 0 unspecified atom stereocenters. The van der Waals surface area contributed by atoms with Crippen LogP contribution < -0.4 is 0 Å². The lowest BCUT2D eigenvalue weighted by atomic mass is 9.96. The van der Waals surface area contributed by atoms with E-state index in [2.05, 4.69) is 10.2 Å². The van der Waals surface area contributed by atoms with E-state index in [0.717, 1.165) is 18.7 Å². The van der Waals surface area contributed by atoms with Crippen LogP contribution in [-0.4, -0.2) is 49.7 Å². The second kappa shape index (κ2) is 6.46. The van der Waals surface area contributed by atoms with Gasteiger partial charge < -0.3 is 19.0 Å². The normalized spacial score (nSPS) is 15.7. The van der Waals surface area contributed by atoms with Crippen molar-refractivity contribution in [1.29, 1.82) is 0 Å². The van der Waals surface area contributed by atoms with Crippen molar-refractivity contribution in [3.05, 3.63) is 35.3 Å². The van der Waals surface area contributed by atoms with Gasteiger partial charge in [0.15, 0.2) is 5.76 Å². The average Bonchev–Trinajstić information content (AvgIpc) is 3.20. The zero-order chi connectivity index (χ0) is 17.3. The van der Waals surface area contributed by atoms with Crippen molar-refractivity contribution in [3.8, 4) is 0 Å². The molecule has 0 spiro atoms. The van der Waals surface area contributed by atoms with Crippen LogP contribution in [0.15, 0.2) is 16.8 Å². The van der Waals surface area contributed by atoms with E-state index < -0.39 is 5.97 Å². The lowest BCUT2D eigenvalue weighted by molar-refractivity contribution is 0.0672. The van der Waals surface area contributed by atoms with Crippen LogP contribution in [0.2, 0.25) is 0 Å². The predicted molar refractivity (Wildman–Crippen MR) is 83.9 cm³/mol. The molecule has 2 aromatic heterocycles. The number of likely N-dealkylation sites (tertiary alicyclic amines) is 1. The number of carbonyl (C=O) groups excluding carboxylic acids is 1. The van der Waals surface area contributed by atoms with Gasteiger partial charge in [-0.2, -0.15) is 0 Å². The first-order valence-corrected chi connectivity index (χ1v) is 8.00. The lowest BCUT2D eigenvalue weighted by Crippen LogP contribution is -2.38. The number of amides is 1. The van der Waals surface area contributed by atoms with Crippen LogP contribution in [0.1, 0.15) is 58.2 Å². The van der Waals surface area contributed by atoms with Gasteiger partial charge in [0.25, 0.3) is 5.91 Å². The number of carbonyl (C=O) groups is 2. The summed E-state index contributed by atoms with van der Waals surface area (Å²) in [6.07, 6.45) is 3.70. The number of aromatic nitrogens is 3. The van der Waals surface area contributed by atoms with Crippen LogP contribution in [0.5, 0.6) is 0 Å². The maximum atomic E-state index is 12.6. The zero-order valence-corrected chi connectivity index (χ0v) is 13.7. The minimum absolute atomic E-state index is 0.0646. The number of furan rings is 1. The van der Waals surface area contributed by atoms with Gasteiger partial charge in [-0.05, 0) is 12.8 Å². The second-order valence-corrected chi connectivity index (χ2v) is 5.97. The highest BCUT2D eigenvalue weighted by Crippen LogP contribution is 2.27. The first-order valence-electron chi connectivity index (χ1n) is 8.00. The summed E-state index contributed by atoms with van der Waals surface area (Å²) in [6, 6.07) is 1.33. The molecule has 0 aliphatic carbocycles. The van der Waals surface area contributed by atoms with E-state index in [1.54, 1.807) is 18.2 Å². The predicted octanol–water partition coefficient (Wildman–Crippen LogP) is 1.69. The Morgan fingerprint density at radius 3 is 2.58 bits per heavy atom. The van der Waals surface area contributed by atoms with Gasteiger partial charge >= 0.3 is 5.97 Å². The summed E-state index contributed by atoms with van der Waals surface area (Å²) in [7, 11) is 1.91. The topological polar surface area (TPSA) is 101 Å². The molecule has 0 bridgehead atoms. The van der Waals surface area contributed by atoms with Crippen molar-refractivity contribution in [2.75, 3.05) is 13.1 Å². The number of hydrogen-bond donors (Lipinski definition) is 1. The molecule has 128 valence electrons. The number of piperidine rings is 1. The van der Waals surface area contributed by atoms with Crippen molar-refractivity contribution in [2.24, 2.45) is 7.05 Å². The second-order valence-electron chi connectivity index (χ2n) is 5.97. The quantitative estimate of drug-likeness (QED) is 0.914. The fourth-order valence-corrected chi connectivity index (χ4v) is 3.14. The van der Waals surface area contributed by atoms with Gasteiger partial charge in [-0.15, -0.1) is 10.2 Å². The van der Waals surface area contributed by atoms with Crippen LogP contribution >= 0.6 is 0 Å². The Kier molecular flexibility index (Phi) is 4.37. The number of aromatic carboxylic acids is 1. The van der Waals surface area contributed by atoms with Crippen LogP contribution in [0.3, 0.4) is 0 Å². The summed E-state index contributed by atoms with van der Waals surface area (Å²) < 4.78 is 7.36. The summed E-state index contributed by atoms with van der Waals surface area (Å²) in [6.45, 7) is 2.97. The molecule has 1 amide bonds. The minimum atomic E-state index is -1.07. The molecular weight excluding hydrogens is 312 g/mol. The average molecular weight is 332 g/mol. The third-order valence-corrected chi connectivity index (χ3v) is 4.47. The molecule has 8 nitrogen and oxygen atoms in total. The van der Waals surface area contributed by atoms with Crippen LogP contribution in [0, 0.1) is 0 Å². The third kappa shape index (κ3) is 2.91. The van der Waals surface area contributed by atoms with Gasteiger partial charge in [0, 0.05) is 38.5 Å². The van der Waals surface area contributed by atoms with Crippen molar-refractivity contribution in [1.82, 2.24) is 19.7 Å². The van der Waals surface area contributed by atoms with Crippen LogP contribution in [-0.2, 0) is 13.5 Å². The van der Waals surface area contributed by atoms with Crippen molar-refractivity contribution in [2.45, 2.75) is 32.1 Å². The van der Waals surface area contributed by atoms with E-state index in [-0.39, 0.29) is 23.1 Å². The Morgan fingerprint density at radius 2 is 2.08 bits per heavy atom. The molecule has 1 N–H and O–H groups in total. The summed E-state index contributed by atoms with van der Waals surface area (Å²) in [5, 5.41) is 17.2. The Morgan fingerprint density at radius 1 is 1.38 bits per heavy atom. The molecule has 1 aliphatic rings. The van der Waals surface area contributed by atoms with E-state index in [0.29, 0.717) is 25.3 Å². The molecule has 0 saturated carbocycles. The number of rotatable bonds is 4. The van der Waals surface area contributed by atoms with Gasteiger partial charge in [0.1, 0.15) is 23.5 Å². The first-order chi connectivity index (χ1) is 11.5. The van der Waals surface area contributed by atoms with E-state index in [1.165, 1.54) is 6.07 Å². The number of carboxylic acids is 1. The molecule has 3 rings (SSSR count). The lowest BCUT2D eigenvalue weighted by Gasteiger charge is -2.30. The van der Waals surface area contributed by atoms with Gasteiger partial charge in [0.2, 0.25) is 0 Å². The fraction of sp³-hybridized carbons (Fsp3) is 0.500. The number of aryl methyl sites for hydroxylation is 2. The van der Waals surface area contributed by atoms with Gasteiger partial charge in [-0.1, -0.05) is 6.92 Å². The maximum Gasteiger partial charge on any atom is 0.339 e. The fourth-order valence-electron chi connectivity index (χ4n) is 3.14. The molecule has 0 atom stereocenters. The standard InChI is InChI=1S/C16H20N4O4/c1-3-12-11(16(22)23)8-13(24-12)15(21)20-6-4-10(5-7-20)14-18-17-9-19(14)2/h8-10H,3-7H2,1-2H3,(H,22,23). The Balaban J connectivity index is 1.69. The van der Waals surface area contributed by atoms with Crippen molar-refractivity contribution in [3.63, 3.8) is 0 Å². The Labute approximate surface area is 139 Å². The molecule has 0 radical (unpaired) electrons. The Bertz CT molecular complexity index is 756. The van der Waals surface area contributed by atoms with E-state index in [9.17, 15) is 9.59 Å². The highest BCUT2D eigenvalue weighted by Gasteiger charge is 2.29. The van der Waals surface area contributed by atoms with Crippen molar-refractivity contribution < 1.29 is 19.1 Å². The van der Waals surface area contributed by atoms with E-state index in [1.807, 2.05) is 11.6 Å². The van der Waals surface area contributed by atoms with Crippen molar-refractivity contribution >= 4 is 11.9 Å². The highest BCUT2D eigenvalue weighted by atomic mass is 16.4. The summed E-state index contributed by atoms with van der Waals surface area (Å²) in [5.41, 5.74) is 0.0646. The Hall–Kier alpha value is -2.64. The van der Waals surface area contributed by atoms with Crippen LogP contribution in [0.25, 0.3) is 0 Å². The largest absolute Gasteiger partial charge is 0.478 e. The van der Waals surface area contributed by atoms with E-state index >= 15 is 0 Å². The van der Waals surface area contributed by atoms with Gasteiger partial charge in [-0.3, -0.25) is 4.79 Å². The molecule has 2 aromatic rings. The SMILES string of the molecule is CCc1oc(C(=O)N2CCC(c3nncn3C)CC2)cc1C(=O)O. The van der Waals surface area contributed by atoms with E-state index in [4.69, 9.17) is 9.52 Å². The minimum Gasteiger partial charge on any atom is -0.478 e. The van der Waals surface area contributed by atoms with Gasteiger partial charge in [0.05, 0.1) is 0 Å². The number of carboxylic acid groups (broad SMARTS) is 1. The highest BCUT2D eigenvalue weighted by molar-refractivity contribution is 5.96. The summed E-state index contributed by atoms with van der Waals surface area (Å²) in [5.74, 6) is 0.311. The monoisotopic (exact) mass is 332 g/mol. The first kappa shape index (κ1) is 16.2. The molecule has 24 heavy (non-hydrogen) atoms. The molecule has 1 fully saturated rings. The van der Waals surface area contributed by atoms with Gasteiger partial charge in [-0.25, -0.2) is 4.79 Å². The maximum absolute atomic E-state index is 12.6. The summed E-state index contributed by atoms with van der Waals surface area (Å²) in [4.78, 5) is 25.5. The molecule has 8 heteroatoms. The molecule has 1 aliphatic heterocycles. The molecular formula is C16H20N4O4. The van der Waals surface area contributed by atoms with Crippen LogP contribution in [0.4, 0.5) is 0 Å². The summed E-state index contributed by atoms with van der Waals surface area (Å²) >= 11 is 0.